The molecule has 2 rings (SSSR count). The molecule has 2 heterocycles. The fourth-order valence-electron chi connectivity index (χ4n) is 1.69. The molecule has 1 N–H and O–H groups in total. The second-order valence-electron chi connectivity index (χ2n) is 5.18. The molecule has 0 aromatic carbocycles. The highest BCUT2D eigenvalue weighted by molar-refractivity contribution is 5.94. The summed E-state index contributed by atoms with van der Waals surface area (Å²) in [6.45, 7) is 0.0603. The molecule has 0 atom stereocenters. The lowest BCUT2D eigenvalue weighted by Crippen LogP contribution is -2.27. The molecule has 2 aromatic heterocycles. The van der Waals surface area contributed by atoms with Crippen molar-refractivity contribution in [2.75, 3.05) is 38.0 Å². The van der Waals surface area contributed by atoms with Crippen molar-refractivity contribution in [1.82, 2.24) is 25.3 Å². The van der Waals surface area contributed by atoms with Gasteiger partial charge in [0.1, 0.15) is 0 Å². The Morgan fingerprint density at radius 3 is 2.26 bits per heavy atom. The maximum atomic E-state index is 13.5. The van der Waals surface area contributed by atoms with Crippen LogP contribution in [0.25, 0.3) is 0 Å². The average molecular weight is 319 g/mol. The van der Waals surface area contributed by atoms with E-state index in [2.05, 4.69) is 25.3 Å². The number of aromatic nitrogens is 4. The standard InChI is InChI=1S/C14H18FN7O/c1-21(2)13-18-11(19-14(20-13)22(3)4)8-17-12(23)9-5-6-16-7-10(9)15/h5-7H,8H2,1-4H3,(H,17,23). The van der Waals surface area contributed by atoms with Gasteiger partial charge >= 0.3 is 0 Å². The summed E-state index contributed by atoms with van der Waals surface area (Å²) in [7, 11) is 7.24. The van der Waals surface area contributed by atoms with Crippen LogP contribution in [0.1, 0.15) is 16.2 Å². The predicted molar refractivity (Wildman–Crippen MR) is 83.8 cm³/mol. The third-order valence-corrected chi connectivity index (χ3v) is 2.88. The van der Waals surface area contributed by atoms with Crippen LogP contribution in [0.15, 0.2) is 18.5 Å². The molecular weight excluding hydrogens is 301 g/mol. The molecule has 0 fully saturated rings. The SMILES string of the molecule is CN(C)c1nc(CNC(=O)c2ccncc2F)nc(N(C)C)n1. The first-order chi connectivity index (χ1) is 10.9. The van der Waals surface area contributed by atoms with Crippen LogP contribution in [0.5, 0.6) is 0 Å². The number of carbonyl (C=O) groups excluding carboxylic acids is 1. The van der Waals surface area contributed by atoms with Gasteiger partial charge in [-0.3, -0.25) is 9.78 Å². The monoisotopic (exact) mass is 319 g/mol. The van der Waals surface area contributed by atoms with Gasteiger partial charge in [0.2, 0.25) is 11.9 Å². The predicted octanol–water partition coefficient (Wildman–Crippen LogP) is 0.468. The summed E-state index contributed by atoms with van der Waals surface area (Å²) in [5, 5.41) is 2.59. The van der Waals surface area contributed by atoms with Crippen molar-refractivity contribution in [3.63, 3.8) is 0 Å². The number of rotatable bonds is 5. The van der Waals surface area contributed by atoms with Gasteiger partial charge in [-0.05, 0) is 6.07 Å². The number of nitrogens with one attached hydrogen (secondary N) is 1. The quantitative estimate of drug-likeness (QED) is 0.857. The van der Waals surface area contributed by atoms with E-state index < -0.39 is 11.7 Å². The Kier molecular flexibility index (Phi) is 4.99. The fraction of sp³-hybridized carbons (Fsp3) is 0.357. The molecule has 0 unspecified atom stereocenters. The highest BCUT2D eigenvalue weighted by atomic mass is 19.1. The molecule has 23 heavy (non-hydrogen) atoms. The third kappa shape index (κ3) is 4.09. The van der Waals surface area contributed by atoms with E-state index in [0.717, 1.165) is 6.20 Å². The van der Waals surface area contributed by atoms with E-state index in [1.165, 1.54) is 12.3 Å². The first-order valence-electron chi connectivity index (χ1n) is 6.86. The van der Waals surface area contributed by atoms with Gasteiger partial charge in [-0.2, -0.15) is 15.0 Å². The summed E-state index contributed by atoms with van der Waals surface area (Å²) in [4.78, 5) is 31.9. The van der Waals surface area contributed by atoms with Crippen LogP contribution in [-0.4, -0.2) is 54.0 Å². The van der Waals surface area contributed by atoms with Crippen molar-refractivity contribution >= 4 is 17.8 Å². The summed E-state index contributed by atoms with van der Waals surface area (Å²) in [5.41, 5.74) is -0.0743. The lowest BCUT2D eigenvalue weighted by atomic mass is 10.2. The molecule has 0 aliphatic rings. The number of anilines is 2. The smallest absolute Gasteiger partial charge is 0.254 e. The van der Waals surface area contributed by atoms with Crippen LogP contribution in [0, 0.1) is 5.82 Å². The van der Waals surface area contributed by atoms with E-state index in [-0.39, 0.29) is 12.1 Å². The number of hydrogen-bond acceptors (Lipinski definition) is 7. The second-order valence-corrected chi connectivity index (χ2v) is 5.18. The van der Waals surface area contributed by atoms with Crippen LogP contribution < -0.4 is 15.1 Å². The largest absolute Gasteiger partial charge is 0.347 e. The van der Waals surface area contributed by atoms with Crippen LogP contribution in [0.2, 0.25) is 0 Å². The maximum Gasteiger partial charge on any atom is 0.254 e. The molecular formula is C14H18FN7O. The number of carbonyl (C=O) groups is 1. The first-order valence-corrected chi connectivity index (χ1v) is 6.86. The molecule has 0 saturated carbocycles. The Hall–Kier alpha value is -2.84. The van der Waals surface area contributed by atoms with E-state index in [1.807, 2.05) is 28.2 Å². The molecule has 8 nitrogen and oxygen atoms in total. The van der Waals surface area contributed by atoms with Gasteiger partial charge < -0.3 is 15.1 Å². The summed E-state index contributed by atoms with van der Waals surface area (Å²) in [5.74, 6) is 0.105. The number of hydrogen-bond donors (Lipinski definition) is 1. The molecule has 122 valence electrons. The van der Waals surface area contributed by atoms with Crippen molar-refractivity contribution in [3.8, 4) is 0 Å². The molecule has 0 saturated heterocycles. The minimum absolute atomic E-state index is 0.0603. The number of halogens is 1. The number of nitrogens with zero attached hydrogens (tertiary/aromatic N) is 6. The Morgan fingerprint density at radius 2 is 1.74 bits per heavy atom. The minimum Gasteiger partial charge on any atom is -0.347 e. The van der Waals surface area contributed by atoms with Gasteiger partial charge in [0.15, 0.2) is 11.6 Å². The Labute approximate surface area is 133 Å². The summed E-state index contributed by atoms with van der Waals surface area (Å²) < 4.78 is 13.5. The molecule has 0 spiro atoms. The highest BCUT2D eigenvalue weighted by Gasteiger charge is 2.13. The van der Waals surface area contributed by atoms with Crippen LogP contribution in [-0.2, 0) is 6.54 Å². The molecule has 0 aliphatic carbocycles. The van der Waals surface area contributed by atoms with Gasteiger partial charge in [-0.1, -0.05) is 0 Å². The van der Waals surface area contributed by atoms with Crippen molar-refractivity contribution in [2.24, 2.45) is 0 Å². The van der Waals surface area contributed by atoms with E-state index in [0.29, 0.717) is 17.7 Å². The Morgan fingerprint density at radius 1 is 1.13 bits per heavy atom. The third-order valence-electron chi connectivity index (χ3n) is 2.88. The van der Waals surface area contributed by atoms with Gasteiger partial charge in [0, 0.05) is 34.4 Å². The number of amides is 1. The zero-order chi connectivity index (χ0) is 17.0. The Bertz CT molecular complexity index is 679. The van der Waals surface area contributed by atoms with Crippen molar-refractivity contribution in [3.05, 3.63) is 35.7 Å². The molecule has 0 aliphatic heterocycles. The summed E-state index contributed by atoms with van der Waals surface area (Å²) >= 11 is 0. The van der Waals surface area contributed by atoms with Crippen LogP contribution in [0.4, 0.5) is 16.3 Å². The fourth-order valence-corrected chi connectivity index (χ4v) is 1.69. The molecule has 9 heteroatoms. The number of pyridine rings is 1. The van der Waals surface area contributed by atoms with Crippen LogP contribution in [0.3, 0.4) is 0 Å². The van der Waals surface area contributed by atoms with E-state index in [4.69, 9.17) is 0 Å². The first kappa shape index (κ1) is 16.5. The lowest BCUT2D eigenvalue weighted by Gasteiger charge is -2.16. The summed E-state index contributed by atoms with van der Waals surface area (Å²) in [6.07, 6.45) is 2.35. The van der Waals surface area contributed by atoms with Gasteiger partial charge in [0.05, 0.1) is 18.3 Å². The Balaban J connectivity index is 2.17. The summed E-state index contributed by atoms with van der Waals surface area (Å²) in [6, 6.07) is 1.31. The molecule has 2 aromatic rings. The zero-order valence-corrected chi connectivity index (χ0v) is 13.4. The molecule has 0 radical (unpaired) electrons. The topological polar surface area (TPSA) is 87.1 Å². The van der Waals surface area contributed by atoms with E-state index in [1.54, 1.807) is 9.80 Å². The van der Waals surface area contributed by atoms with Gasteiger partial charge in [0.25, 0.3) is 5.91 Å². The minimum atomic E-state index is -0.677. The molecule has 1 amide bonds. The van der Waals surface area contributed by atoms with Gasteiger partial charge in [-0.15, -0.1) is 0 Å². The van der Waals surface area contributed by atoms with Gasteiger partial charge in [-0.25, -0.2) is 4.39 Å². The normalized spacial score (nSPS) is 10.3. The van der Waals surface area contributed by atoms with E-state index >= 15 is 0 Å². The van der Waals surface area contributed by atoms with Crippen molar-refractivity contribution < 1.29 is 9.18 Å². The van der Waals surface area contributed by atoms with Crippen molar-refractivity contribution in [2.45, 2.75) is 6.54 Å². The second kappa shape index (κ2) is 6.95. The zero-order valence-electron chi connectivity index (χ0n) is 13.4. The van der Waals surface area contributed by atoms with Crippen molar-refractivity contribution in [1.29, 1.82) is 0 Å². The van der Waals surface area contributed by atoms with Crippen LogP contribution >= 0.6 is 0 Å². The lowest BCUT2D eigenvalue weighted by molar-refractivity contribution is 0.0945. The van der Waals surface area contributed by atoms with E-state index in [9.17, 15) is 9.18 Å². The average Bonchev–Trinajstić information content (AvgIpc) is 2.52. The highest BCUT2D eigenvalue weighted by Crippen LogP contribution is 2.10. The molecule has 0 bridgehead atoms. The maximum absolute atomic E-state index is 13.5.